The maximum atomic E-state index is 6.32. The van der Waals surface area contributed by atoms with E-state index in [9.17, 15) is 0 Å². The van der Waals surface area contributed by atoms with Gasteiger partial charge in [0.1, 0.15) is 11.1 Å². The zero-order valence-electron chi connectivity index (χ0n) is 26.4. The number of para-hydroxylation sites is 1. The molecular formula is C45H28N2OS. The lowest BCUT2D eigenvalue weighted by Crippen LogP contribution is -2.09. The molecule has 49 heavy (non-hydrogen) atoms. The largest absolute Gasteiger partial charge is 0.454 e. The fourth-order valence-electron chi connectivity index (χ4n) is 7.11. The minimum absolute atomic E-state index is 0.802. The Morgan fingerprint density at radius 1 is 0.469 bits per heavy atom. The quantitative estimate of drug-likeness (QED) is 0.187. The van der Waals surface area contributed by atoms with Gasteiger partial charge in [-0.05, 0) is 94.2 Å². The molecule has 0 saturated carbocycles. The van der Waals surface area contributed by atoms with E-state index >= 15 is 0 Å². The first kappa shape index (κ1) is 27.8. The number of nitrogens with zero attached hydrogens (tertiary/aromatic N) is 2. The van der Waals surface area contributed by atoms with Crippen LogP contribution in [-0.4, -0.2) is 4.98 Å². The van der Waals surface area contributed by atoms with Crippen LogP contribution >= 0.6 is 11.3 Å². The van der Waals surface area contributed by atoms with Crippen LogP contribution in [0.2, 0.25) is 0 Å². The zero-order valence-corrected chi connectivity index (χ0v) is 27.2. The van der Waals surface area contributed by atoms with Crippen LogP contribution in [0.4, 0.5) is 17.1 Å². The van der Waals surface area contributed by atoms with E-state index in [1.165, 1.54) is 42.1 Å². The molecular weight excluding hydrogens is 617 g/mol. The monoisotopic (exact) mass is 644 g/mol. The number of hydrogen-bond donors (Lipinski definition) is 0. The minimum Gasteiger partial charge on any atom is -0.454 e. The average molecular weight is 645 g/mol. The molecule has 3 aromatic heterocycles. The van der Waals surface area contributed by atoms with E-state index in [4.69, 9.17) is 4.42 Å². The van der Waals surface area contributed by atoms with Gasteiger partial charge in [0.15, 0.2) is 5.58 Å². The van der Waals surface area contributed by atoms with Crippen molar-refractivity contribution in [3.63, 3.8) is 0 Å². The van der Waals surface area contributed by atoms with Crippen LogP contribution in [0.3, 0.4) is 0 Å². The Kier molecular flexibility index (Phi) is 6.36. The van der Waals surface area contributed by atoms with E-state index in [1.54, 1.807) is 0 Å². The minimum atomic E-state index is 0.802. The molecule has 10 aromatic rings. The van der Waals surface area contributed by atoms with Gasteiger partial charge in [0.2, 0.25) is 0 Å². The van der Waals surface area contributed by atoms with Gasteiger partial charge in [0.05, 0.1) is 0 Å². The van der Waals surface area contributed by atoms with Gasteiger partial charge in [0, 0.05) is 54.4 Å². The first-order valence-electron chi connectivity index (χ1n) is 16.4. The van der Waals surface area contributed by atoms with Crippen molar-refractivity contribution in [3.8, 4) is 22.3 Å². The van der Waals surface area contributed by atoms with E-state index in [2.05, 4.69) is 162 Å². The summed E-state index contributed by atoms with van der Waals surface area (Å²) >= 11 is 1.84. The second kappa shape index (κ2) is 11.2. The van der Waals surface area contributed by atoms with Crippen molar-refractivity contribution < 1.29 is 4.42 Å². The predicted molar refractivity (Wildman–Crippen MR) is 207 cm³/mol. The highest BCUT2D eigenvalue weighted by molar-refractivity contribution is 7.25. The molecule has 0 aliphatic carbocycles. The summed E-state index contributed by atoms with van der Waals surface area (Å²) < 4.78 is 8.90. The topological polar surface area (TPSA) is 29.3 Å². The lowest BCUT2D eigenvalue weighted by Gasteiger charge is -2.26. The third-order valence-electron chi connectivity index (χ3n) is 9.52. The summed E-state index contributed by atoms with van der Waals surface area (Å²) in [7, 11) is 0. The number of anilines is 3. The molecule has 4 heteroatoms. The number of aromatic nitrogens is 1. The van der Waals surface area contributed by atoms with Gasteiger partial charge < -0.3 is 9.32 Å². The summed E-state index contributed by atoms with van der Waals surface area (Å²) in [5.74, 6) is 0. The first-order chi connectivity index (χ1) is 24.3. The SMILES string of the molecule is c1ccc2cc(-c3ccc(N(c4ccc(-c5cccc6c5oc5cccnc56)cc4)c4ccc5c(c4)sc4ccccc45)cc3)ccc2c1. The molecule has 7 aromatic carbocycles. The summed E-state index contributed by atoms with van der Waals surface area (Å²) in [6.07, 6.45) is 1.82. The summed E-state index contributed by atoms with van der Waals surface area (Å²) in [5, 5.41) is 6.13. The molecule has 0 aliphatic rings. The van der Waals surface area contributed by atoms with Gasteiger partial charge in [-0.2, -0.15) is 0 Å². The van der Waals surface area contributed by atoms with Gasteiger partial charge in [-0.15, -0.1) is 11.3 Å². The molecule has 0 saturated heterocycles. The summed E-state index contributed by atoms with van der Waals surface area (Å²) in [4.78, 5) is 6.93. The molecule has 3 nitrogen and oxygen atoms in total. The third kappa shape index (κ3) is 4.68. The van der Waals surface area contributed by atoms with Crippen molar-refractivity contribution in [1.82, 2.24) is 4.98 Å². The molecule has 0 radical (unpaired) electrons. The molecule has 0 unspecified atom stereocenters. The van der Waals surface area contributed by atoms with Crippen LogP contribution in [0.25, 0.3) is 75.3 Å². The highest BCUT2D eigenvalue weighted by atomic mass is 32.1. The Balaban J connectivity index is 1.08. The van der Waals surface area contributed by atoms with Crippen molar-refractivity contribution >= 4 is 81.4 Å². The smallest absolute Gasteiger partial charge is 0.153 e. The standard InChI is InChI=1S/C45H28N2OS/c1-2-8-32-27-33(15-14-29(32)7-1)30-16-20-34(21-17-30)47(36-24-25-39-38-9-3-4-13-42(38)49-43(39)28-36)35-22-18-31(19-23-35)37-10-5-11-40-44-41(48-45(37)40)12-6-26-46-44/h1-28H. The zero-order chi connectivity index (χ0) is 32.3. The highest BCUT2D eigenvalue weighted by Crippen LogP contribution is 2.42. The Labute approximate surface area is 286 Å². The maximum Gasteiger partial charge on any atom is 0.153 e. The van der Waals surface area contributed by atoms with E-state index in [1.807, 2.05) is 29.7 Å². The van der Waals surface area contributed by atoms with Gasteiger partial charge >= 0.3 is 0 Å². The average Bonchev–Trinajstić information content (AvgIpc) is 3.74. The van der Waals surface area contributed by atoms with Crippen LogP contribution in [0.5, 0.6) is 0 Å². The van der Waals surface area contributed by atoms with E-state index in [-0.39, 0.29) is 0 Å². The van der Waals surface area contributed by atoms with Crippen molar-refractivity contribution in [1.29, 1.82) is 0 Å². The lowest BCUT2D eigenvalue weighted by molar-refractivity contribution is 0.669. The van der Waals surface area contributed by atoms with Crippen molar-refractivity contribution in [2.24, 2.45) is 0 Å². The molecule has 3 heterocycles. The molecule has 0 amide bonds. The summed E-state index contributed by atoms with van der Waals surface area (Å²) in [6.45, 7) is 0. The molecule has 0 aliphatic heterocycles. The van der Waals surface area contributed by atoms with Crippen LogP contribution < -0.4 is 4.90 Å². The van der Waals surface area contributed by atoms with E-state index in [0.29, 0.717) is 0 Å². The fourth-order valence-corrected chi connectivity index (χ4v) is 8.25. The molecule has 0 N–H and O–H groups in total. The third-order valence-corrected chi connectivity index (χ3v) is 10.7. The van der Waals surface area contributed by atoms with Gasteiger partial charge in [-0.25, -0.2) is 0 Å². The van der Waals surface area contributed by atoms with Crippen molar-refractivity contribution in [3.05, 3.63) is 170 Å². The van der Waals surface area contributed by atoms with Crippen LogP contribution in [0.15, 0.2) is 174 Å². The first-order valence-corrected chi connectivity index (χ1v) is 17.3. The molecule has 0 spiro atoms. The fraction of sp³-hybridized carbons (Fsp3) is 0. The summed E-state index contributed by atoms with van der Waals surface area (Å²) in [6, 6.07) is 58.6. The Bertz CT molecular complexity index is 2830. The predicted octanol–water partition coefficient (Wildman–Crippen LogP) is 13.3. The highest BCUT2D eigenvalue weighted by Gasteiger charge is 2.17. The van der Waals surface area contributed by atoms with Crippen molar-refractivity contribution in [2.45, 2.75) is 0 Å². The van der Waals surface area contributed by atoms with Crippen LogP contribution in [-0.2, 0) is 0 Å². The molecule has 0 bridgehead atoms. The number of furan rings is 1. The molecule has 0 fully saturated rings. The number of benzene rings is 7. The van der Waals surface area contributed by atoms with Crippen molar-refractivity contribution in [2.75, 3.05) is 4.90 Å². The second-order valence-corrected chi connectivity index (χ2v) is 13.5. The van der Waals surface area contributed by atoms with Crippen LogP contribution in [0, 0.1) is 0 Å². The van der Waals surface area contributed by atoms with Gasteiger partial charge in [-0.1, -0.05) is 97.1 Å². The lowest BCUT2D eigenvalue weighted by atomic mass is 10.0. The van der Waals surface area contributed by atoms with E-state index in [0.717, 1.165) is 50.3 Å². The Morgan fingerprint density at radius 3 is 2.02 bits per heavy atom. The number of hydrogen-bond acceptors (Lipinski definition) is 4. The van der Waals surface area contributed by atoms with E-state index < -0.39 is 0 Å². The number of thiophene rings is 1. The molecule has 230 valence electrons. The number of rotatable bonds is 5. The second-order valence-electron chi connectivity index (χ2n) is 12.4. The Morgan fingerprint density at radius 2 is 1.16 bits per heavy atom. The molecule has 10 rings (SSSR count). The normalized spacial score (nSPS) is 11.7. The maximum absolute atomic E-state index is 6.32. The summed E-state index contributed by atoms with van der Waals surface area (Å²) in [5.41, 5.74) is 10.4. The van der Waals surface area contributed by atoms with Crippen LogP contribution in [0.1, 0.15) is 0 Å². The number of pyridine rings is 1. The Hall–Kier alpha value is -6.23. The van der Waals surface area contributed by atoms with Gasteiger partial charge in [-0.3, -0.25) is 4.98 Å². The van der Waals surface area contributed by atoms with Gasteiger partial charge in [0.25, 0.3) is 0 Å². The number of fused-ring (bicyclic) bond motifs is 7. The molecule has 0 atom stereocenters.